The Balaban J connectivity index is 1.65. The maximum Gasteiger partial charge on any atom is 0.137 e. The summed E-state index contributed by atoms with van der Waals surface area (Å²) in [5.41, 5.74) is 4.91. The average Bonchev–Trinajstić information content (AvgIpc) is 3.35. The molecule has 3 heterocycles. The van der Waals surface area contributed by atoms with Crippen molar-refractivity contribution < 1.29 is 8.81 Å². The molecule has 1 aromatic carbocycles. The number of nitrogens with zero attached hydrogens (tertiary/aromatic N) is 2. The molecule has 0 spiro atoms. The highest BCUT2D eigenvalue weighted by Crippen LogP contribution is 2.42. The normalized spacial score (nSPS) is 19.5. The lowest BCUT2D eigenvalue weighted by atomic mass is 9.94. The van der Waals surface area contributed by atoms with Crippen LogP contribution in [0.25, 0.3) is 16.5 Å². The van der Waals surface area contributed by atoms with E-state index >= 15 is 0 Å². The minimum atomic E-state index is -0.178. The van der Waals surface area contributed by atoms with Crippen molar-refractivity contribution in [2.75, 3.05) is 0 Å². The fourth-order valence-corrected chi connectivity index (χ4v) is 3.84. The Kier molecular flexibility index (Phi) is 4.33. The summed E-state index contributed by atoms with van der Waals surface area (Å²) in [7, 11) is 0. The predicted molar refractivity (Wildman–Crippen MR) is 102 cm³/mol. The minimum absolute atomic E-state index is 0.165. The van der Waals surface area contributed by atoms with Gasteiger partial charge in [0.15, 0.2) is 0 Å². The molecule has 0 radical (unpaired) electrons. The fourth-order valence-electron chi connectivity index (χ4n) is 3.84. The predicted octanol–water partition coefficient (Wildman–Crippen LogP) is 5.86. The third-order valence-electron chi connectivity index (χ3n) is 5.08. The Morgan fingerprint density at radius 2 is 2.23 bits per heavy atom. The van der Waals surface area contributed by atoms with Crippen molar-refractivity contribution in [3.8, 4) is 0 Å². The molecule has 26 heavy (non-hydrogen) atoms. The summed E-state index contributed by atoms with van der Waals surface area (Å²) in [6.45, 7) is 5.87. The van der Waals surface area contributed by atoms with Gasteiger partial charge in [0.05, 0.1) is 35.9 Å². The van der Waals surface area contributed by atoms with E-state index in [0.29, 0.717) is 17.4 Å². The summed E-state index contributed by atoms with van der Waals surface area (Å²) >= 11 is 0. The zero-order valence-corrected chi connectivity index (χ0v) is 14.8. The highest BCUT2D eigenvalue weighted by Gasteiger charge is 2.30. The Morgan fingerprint density at radius 3 is 3.04 bits per heavy atom. The van der Waals surface area contributed by atoms with Gasteiger partial charge in [-0.05, 0) is 49.5 Å². The number of rotatable bonds is 5. The summed E-state index contributed by atoms with van der Waals surface area (Å²) in [6, 6.07) is 5.52. The zero-order valence-electron chi connectivity index (χ0n) is 14.8. The number of aryl methyl sites for hydroxylation is 1. The Bertz CT molecular complexity index is 1020. The molecule has 0 amide bonds. The number of furan rings is 1. The van der Waals surface area contributed by atoms with Crippen LogP contribution in [0.2, 0.25) is 0 Å². The van der Waals surface area contributed by atoms with Crippen molar-refractivity contribution in [1.29, 1.82) is 0 Å². The molecule has 0 fully saturated rings. The molecule has 1 atom stereocenters. The van der Waals surface area contributed by atoms with Crippen LogP contribution in [-0.4, -0.2) is 9.55 Å². The van der Waals surface area contributed by atoms with E-state index in [1.165, 1.54) is 17.4 Å². The van der Waals surface area contributed by atoms with Gasteiger partial charge >= 0.3 is 0 Å². The highest BCUT2D eigenvalue weighted by atomic mass is 19.1. The molecule has 4 rings (SSSR count). The highest BCUT2D eigenvalue weighted by molar-refractivity contribution is 5.81. The maximum atomic E-state index is 14.7. The minimum Gasteiger partial charge on any atom is -0.464 e. The van der Waals surface area contributed by atoms with E-state index in [2.05, 4.69) is 28.3 Å². The van der Waals surface area contributed by atoms with Crippen LogP contribution in [0.3, 0.4) is 0 Å². The second-order valence-corrected chi connectivity index (χ2v) is 6.50. The number of imidazole rings is 1. The fraction of sp³-hybridized carbons (Fsp3) is 0.227. The van der Waals surface area contributed by atoms with Crippen molar-refractivity contribution in [3.63, 3.8) is 0 Å². The van der Waals surface area contributed by atoms with Crippen molar-refractivity contribution in [3.05, 3.63) is 84.4 Å². The first-order valence-corrected chi connectivity index (χ1v) is 8.89. The van der Waals surface area contributed by atoms with E-state index in [4.69, 9.17) is 4.42 Å². The number of hydrogen-bond donors (Lipinski definition) is 0. The summed E-state index contributed by atoms with van der Waals surface area (Å²) in [5, 5.41) is 0.550. The summed E-state index contributed by atoms with van der Waals surface area (Å²) in [5.74, 6) is -0.178. The number of hydrogen-bond acceptors (Lipinski definition) is 2. The molecule has 3 aromatic rings. The molecule has 3 nitrogen and oxygen atoms in total. The Hall–Kier alpha value is -2.88. The van der Waals surface area contributed by atoms with E-state index in [1.807, 2.05) is 37.7 Å². The average molecular weight is 348 g/mol. The first-order valence-electron chi connectivity index (χ1n) is 8.89. The number of fused-ring (bicyclic) bond motifs is 2. The molecule has 132 valence electrons. The molecule has 1 unspecified atom stereocenters. The monoisotopic (exact) mass is 348 g/mol. The van der Waals surface area contributed by atoms with Crippen LogP contribution in [0.1, 0.15) is 37.1 Å². The second-order valence-electron chi connectivity index (χ2n) is 6.50. The van der Waals surface area contributed by atoms with Gasteiger partial charge in [-0.25, -0.2) is 9.37 Å². The molecule has 1 aliphatic heterocycles. The van der Waals surface area contributed by atoms with Gasteiger partial charge in [-0.2, -0.15) is 0 Å². The molecule has 0 bridgehead atoms. The number of allylic oxidation sites excluding steroid dienone is 5. The number of halogens is 1. The molecular weight excluding hydrogens is 327 g/mol. The van der Waals surface area contributed by atoms with E-state index in [0.717, 1.165) is 24.1 Å². The molecule has 0 aliphatic carbocycles. The molecule has 0 saturated heterocycles. The topological polar surface area (TPSA) is 31.0 Å². The van der Waals surface area contributed by atoms with E-state index in [1.54, 1.807) is 6.07 Å². The molecule has 2 aromatic heterocycles. The van der Waals surface area contributed by atoms with E-state index in [9.17, 15) is 4.39 Å². The Morgan fingerprint density at radius 1 is 1.35 bits per heavy atom. The van der Waals surface area contributed by atoms with Gasteiger partial charge in [-0.1, -0.05) is 24.3 Å². The van der Waals surface area contributed by atoms with Crippen molar-refractivity contribution in [2.45, 2.75) is 32.2 Å². The van der Waals surface area contributed by atoms with Crippen LogP contribution < -0.4 is 0 Å². The zero-order chi connectivity index (χ0) is 18.1. The van der Waals surface area contributed by atoms with Gasteiger partial charge in [0.2, 0.25) is 0 Å². The van der Waals surface area contributed by atoms with Gasteiger partial charge < -0.3 is 8.98 Å². The van der Waals surface area contributed by atoms with Gasteiger partial charge in [0.25, 0.3) is 0 Å². The number of benzene rings is 1. The lowest BCUT2D eigenvalue weighted by Gasteiger charge is -2.16. The third kappa shape index (κ3) is 2.62. The van der Waals surface area contributed by atoms with E-state index < -0.39 is 0 Å². The summed E-state index contributed by atoms with van der Waals surface area (Å²) in [4.78, 5) is 4.30. The van der Waals surface area contributed by atoms with Gasteiger partial charge in [-0.15, -0.1) is 6.58 Å². The molecule has 0 N–H and O–H groups in total. The SMILES string of the molecule is C=CC/C=C1\C(=C/C)c2cncn2C1CCc1ccc2occc2c1F. The molecule has 4 heteroatoms. The molecule has 0 saturated carbocycles. The van der Waals surface area contributed by atoms with Crippen LogP contribution in [0.5, 0.6) is 0 Å². The first kappa shape index (κ1) is 16.6. The van der Waals surface area contributed by atoms with Crippen molar-refractivity contribution in [2.24, 2.45) is 0 Å². The molecule has 1 aliphatic rings. The number of aromatic nitrogens is 2. The lowest BCUT2D eigenvalue weighted by Crippen LogP contribution is -2.07. The second kappa shape index (κ2) is 6.79. The quantitative estimate of drug-likeness (QED) is 0.541. The largest absolute Gasteiger partial charge is 0.464 e. The molecular formula is C22H21FN2O. The summed E-state index contributed by atoms with van der Waals surface area (Å²) < 4.78 is 22.2. The van der Waals surface area contributed by atoms with Crippen molar-refractivity contribution >= 4 is 16.5 Å². The smallest absolute Gasteiger partial charge is 0.137 e. The van der Waals surface area contributed by atoms with Crippen LogP contribution in [0.15, 0.2) is 71.8 Å². The maximum absolute atomic E-state index is 14.7. The van der Waals surface area contributed by atoms with Gasteiger partial charge in [0, 0.05) is 5.57 Å². The first-order chi connectivity index (χ1) is 12.7. The lowest BCUT2D eigenvalue weighted by molar-refractivity contribution is 0.543. The summed E-state index contributed by atoms with van der Waals surface area (Å²) in [6.07, 6.45) is 13.8. The van der Waals surface area contributed by atoms with Crippen LogP contribution in [-0.2, 0) is 6.42 Å². The third-order valence-corrected chi connectivity index (χ3v) is 5.08. The standard InChI is InChI=1S/C22H21FN2O/c1-3-5-6-17-16(4-2)20-13-24-14-25(20)19(17)9-7-15-8-10-21-18(22(15)23)11-12-26-21/h3-4,6,8,10-14,19H,1,5,7,9H2,2H3/b16-4+,17-6+. The van der Waals surface area contributed by atoms with Gasteiger partial charge in [0.1, 0.15) is 11.4 Å². The van der Waals surface area contributed by atoms with Crippen LogP contribution in [0, 0.1) is 5.82 Å². The van der Waals surface area contributed by atoms with E-state index in [-0.39, 0.29) is 11.9 Å². The van der Waals surface area contributed by atoms with Crippen molar-refractivity contribution in [1.82, 2.24) is 9.55 Å². The van der Waals surface area contributed by atoms with Crippen LogP contribution in [0.4, 0.5) is 4.39 Å². The van der Waals surface area contributed by atoms with Crippen LogP contribution >= 0.6 is 0 Å². The Labute approximate surface area is 152 Å². The van der Waals surface area contributed by atoms with Gasteiger partial charge in [-0.3, -0.25) is 0 Å².